The molecule has 0 radical (unpaired) electrons. The molecule has 0 aromatic carbocycles. The van der Waals surface area contributed by atoms with Gasteiger partial charge in [-0.05, 0) is 0 Å². The Morgan fingerprint density at radius 1 is 1.00 bits per heavy atom. The predicted octanol–water partition coefficient (Wildman–Crippen LogP) is -0.326. The number of nitrogens with zero attached hydrogens (tertiary/aromatic N) is 2. The van der Waals surface area contributed by atoms with Crippen molar-refractivity contribution in [1.82, 2.24) is 0 Å². The molecule has 0 atom stereocenters. The van der Waals surface area contributed by atoms with Crippen molar-refractivity contribution in [3.05, 3.63) is 20.2 Å². The average Bonchev–Trinajstić information content (AvgIpc) is 1.39. The van der Waals surface area contributed by atoms with E-state index in [1.54, 1.807) is 0 Å². The molecule has 0 aromatic heterocycles. The largest absolute Gasteiger partial charge is 2.00 e. The molecule has 0 rings (SSSR count). The second-order valence-corrected chi connectivity index (χ2v) is 0.149. The van der Waals surface area contributed by atoms with Gasteiger partial charge in [0.1, 0.15) is 0 Å². The molecule has 0 aliphatic carbocycles. The number of hydrogen-bond acceptors (Lipinski definition) is 6. The van der Waals surface area contributed by atoms with Crippen molar-refractivity contribution < 1.29 is 25.9 Å². The van der Waals surface area contributed by atoms with E-state index in [4.69, 9.17) is 20.2 Å². The van der Waals surface area contributed by atoms with Gasteiger partial charge in [0.25, 0.3) is 0 Å². The maximum Gasteiger partial charge on any atom is 2.00 e. The summed E-state index contributed by atoms with van der Waals surface area (Å²) in [5.41, 5.74) is 0. The fraction of sp³-hybridized carbons (Fsp3) is 0. The Balaban J connectivity index is -0.0000000160. The summed E-state index contributed by atoms with van der Waals surface area (Å²) >= 11 is 0. The van der Waals surface area contributed by atoms with E-state index in [0.29, 0.717) is 0 Å². The second-order valence-electron chi connectivity index (χ2n) is 0.149. The van der Waals surface area contributed by atoms with Crippen LogP contribution in [0.4, 0.5) is 0 Å². The van der Waals surface area contributed by atoms with Crippen LogP contribution < -0.4 is 0 Å². The molecule has 0 spiro atoms. The Kier molecular flexibility index (Phi) is 305. The van der Waals surface area contributed by atoms with Gasteiger partial charge in [0.05, 0.1) is 0 Å². The van der Waals surface area contributed by atoms with Crippen LogP contribution in [-0.4, -0.2) is 5.48 Å². The van der Waals surface area contributed by atoms with Gasteiger partial charge in [-0.1, -0.05) is 0 Å². The zero-order valence-electron chi connectivity index (χ0n) is 3.34. The van der Waals surface area contributed by atoms with Gasteiger partial charge in [-0.25, -0.2) is 0 Å². The molecule has 0 amide bonds. The molecule has 0 saturated carbocycles. The van der Waals surface area contributed by atoms with Gasteiger partial charge in [0.2, 0.25) is 0 Å². The van der Waals surface area contributed by atoms with Crippen LogP contribution in [0.2, 0.25) is 0 Å². The van der Waals surface area contributed by atoms with E-state index >= 15 is 0 Å². The Morgan fingerprint density at radius 3 is 1.00 bits per heavy atom. The van der Waals surface area contributed by atoms with Crippen LogP contribution in [0.15, 0.2) is 10.7 Å². The van der Waals surface area contributed by atoms with E-state index in [2.05, 4.69) is 0 Å². The minimum absolute atomic E-state index is 0. The van der Waals surface area contributed by atoms with Gasteiger partial charge in [-0.3, -0.25) is 0 Å². The van der Waals surface area contributed by atoms with Gasteiger partial charge < -0.3 is 25.7 Å². The molecule has 0 heterocycles. The fourth-order valence-corrected chi connectivity index (χ4v) is 0. The van der Waals surface area contributed by atoms with Crippen LogP contribution in [0.5, 0.6) is 0 Å². The monoisotopic (exact) mass is 216 g/mol. The van der Waals surface area contributed by atoms with E-state index in [1.165, 1.54) is 0 Å². The van der Waals surface area contributed by atoms with Crippen molar-refractivity contribution in [2.24, 2.45) is 10.7 Å². The van der Waals surface area contributed by atoms with Gasteiger partial charge >= 0.3 is 20.4 Å². The molecule has 0 aliphatic heterocycles. The van der Waals surface area contributed by atoms with Gasteiger partial charge in [-0.15, -0.1) is 10.7 Å². The normalized spacial score (nSPS) is 3.00. The molecule has 0 unspecified atom stereocenters. The van der Waals surface area contributed by atoms with Crippen molar-refractivity contribution in [2.75, 3.05) is 0 Å². The fourth-order valence-electron chi connectivity index (χ4n) is 0. The van der Waals surface area contributed by atoms with Crippen LogP contribution in [-0.2, 0) is 20.4 Å². The third kappa shape index (κ3) is 318. The van der Waals surface area contributed by atoms with Crippen molar-refractivity contribution in [1.29, 1.82) is 0 Å². The first-order valence-electron chi connectivity index (χ1n) is 0.730. The average molecular weight is 216 g/mol. The zero-order chi connectivity index (χ0) is 5.41. The van der Waals surface area contributed by atoms with E-state index < -0.39 is 0 Å². The summed E-state index contributed by atoms with van der Waals surface area (Å²) in [6.45, 7) is 0. The van der Waals surface area contributed by atoms with Gasteiger partial charge in [-0.2, -0.15) is 0 Å². The standard InChI is InChI=1S/2HNO2.H2O.Pd/c2*2-1-3;;/h2*(H,2,3);1H2;/q;;;+2/p-2. The summed E-state index contributed by atoms with van der Waals surface area (Å²) in [4.78, 5) is 16.0. The summed E-state index contributed by atoms with van der Waals surface area (Å²) in [5.74, 6) is 0. The predicted molar refractivity (Wildman–Crippen MR) is 21.9 cm³/mol. The molecule has 0 aliphatic rings. The Hall–Kier alpha value is -0.578. The van der Waals surface area contributed by atoms with Crippen LogP contribution in [0, 0.1) is 20.2 Å². The molecule has 8 heavy (non-hydrogen) atoms. The van der Waals surface area contributed by atoms with Crippen molar-refractivity contribution in [2.45, 2.75) is 0 Å². The quantitative estimate of drug-likeness (QED) is 0.311. The molecule has 2 N–H and O–H groups in total. The second kappa shape index (κ2) is 93.3. The first-order valence-corrected chi connectivity index (χ1v) is 0.730. The third-order valence-electron chi connectivity index (χ3n) is 0. The van der Waals surface area contributed by atoms with E-state index in [0.717, 1.165) is 10.7 Å². The minimum atomic E-state index is 0. The SMILES string of the molecule is O.O=N[O-].O=N[O-].[Pd+2]. The van der Waals surface area contributed by atoms with Crippen molar-refractivity contribution in [3.8, 4) is 0 Å². The summed E-state index contributed by atoms with van der Waals surface area (Å²) < 4.78 is 0. The summed E-state index contributed by atoms with van der Waals surface area (Å²) in [6.07, 6.45) is 0. The Morgan fingerprint density at radius 2 is 1.00 bits per heavy atom. The first-order chi connectivity index (χ1) is 2.83. The molecule has 8 heteroatoms. The van der Waals surface area contributed by atoms with Gasteiger partial charge in [0.15, 0.2) is 0 Å². The first kappa shape index (κ1) is 26.1. The van der Waals surface area contributed by atoms with Crippen LogP contribution in [0.1, 0.15) is 0 Å². The number of hydrogen-bond donors (Lipinski definition) is 0. The topological polar surface area (TPSA) is 136 Å². The van der Waals surface area contributed by atoms with Gasteiger partial charge in [0, 0.05) is 0 Å². The van der Waals surface area contributed by atoms with Crippen LogP contribution >= 0.6 is 0 Å². The number of rotatable bonds is 0. The molecule has 0 fully saturated rings. The minimum Gasteiger partial charge on any atom is -0.444 e. The van der Waals surface area contributed by atoms with Crippen molar-refractivity contribution in [3.63, 3.8) is 0 Å². The van der Waals surface area contributed by atoms with Crippen LogP contribution in [0.25, 0.3) is 0 Å². The van der Waals surface area contributed by atoms with Crippen LogP contribution in [0.3, 0.4) is 0 Å². The summed E-state index contributed by atoms with van der Waals surface area (Å²) in [7, 11) is 0. The summed E-state index contributed by atoms with van der Waals surface area (Å²) in [6, 6.07) is 0. The molecule has 0 bridgehead atoms. The molecular weight excluding hydrogens is 214 g/mol. The maximum atomic E-state index is 8.00. The summed E-state index contributed by atoms with van der Waals surface area (Å²) in [5, 5.41) is 18.0. The maximum absolute atomic E-state index is 8.00. The molecule has 7 nitrogen and oxygen atoms in total. The smallest absolute Gasteiger partial charge is 0.444 e. The molecule has 0 aromatic rings. The van der Waals surface area contributed by atoms with E-state index in [1.807, 2.05) is 0 Å². The van der Waals surface area contributed by atoms with E-state index in [9.17, 15) is 0 Å². The Labute approximate surface area is 57.5 Å². The van der Waals surface area contributed by atoms with Crippen molar-refractivity contribution >= 4 is 0 Å². The zero-order valence-corrected chi connectivity index (χ0v) is 4.90. The van der Waals surface area contributed by atoms with E-state index in [-0.39, 0.29) is 25.9 Å². The molecular formula is H2N2O5Pd. The third-order valence-corrected chi connectivity index (χ3v) is 0. The molecule has 0 saturated heterocycles. The Bertz CT molecular complexity index is 31.4. The molecule has 52 valence electrons.